The fourth-order valence-corrected chi connectivity index (χ4v) is 4.04. The van der Waals surface area contributed by atoms with Gasteiger partial charge >= 0.3 is 0 Å². The summed E-state index contributed by atoms with van der Waals surface area (Å²) in [5, 5.41) is 0. The molecule has 2 atom stereocenters. The standard InChI is InChI=1S/C20H22Br2O2/c21-17-9-3-5-11-19(17)23-13-15-7-1-2-8-16(15)14-24-20-12-6-4-10-18(20)22/h3-6,9-12,15-16H,1-2,7-8,13-14H2/t15-,16?/m0/s1. The van der Waals surface area contributed by atoms with Crippen LogP contribution < -0.4 is 9.47 Å². The Bertz CT molecular complexity index is 602. The third-order valence-electron chi connectivity index (χ3n) is 4.65. The molecule has 2 aromatic carbocycles. The van der Waals surface area contributed by atoms with E-state index >= 15 is 0 Å². The van der Waals surface area contributed by atoms with Crippen LogP contribution in [0.4, 0.5) is 0 Å². The van der Waals surface area contributed by atoms with Crippen molar-refractivity contribution >= 4 is 31.9 Å². The SMILES string of the molecule is Brc1ccccc1OCC1CCCC[C@H]1COc1ccccc1Br. The normalized spacial score (nSPS) is 20.6. The van der Waals surface area contributed by atoms with E-state index in [1.807, 2.05) is 48.5 Å². The lowest BCUT2D eigenvalue weighted by molar-refractivity contribution is 0.104. The van der Waals surface area contributed by atoms with Gasteiger partial charge < -0.3 is 9.47 Å². The van der Waals surface area contributed by atoms with Crippen molar-refractivity contribution < 1.29 is 9.47 Å². The average Bonchev–Trinajstić information content (AvgIpc) is 2.61. The summed E-state index contributed by atoms with van der Waals surface area (Å²) >= 11 is 7.10. The van der Waals surface area contributed by atoms with Gasteiger partial charge in [0, 0.05) is 0 Å². The Morgan fingerprint density at radius 3 is 1.54 bits per heavy atom. The van der Waals surface area contributed by atoms with Crippen LogP contribution in [0.5, 0.6) is 11.5 Å². The van der Waals surface area contributed by atoms with Crippen LogP contribution in [0, 0.1) is 11.8 Å². The molecule has 0 radical (unpaired) electrons. The highest BCUT2D eigenvalue weighted by atomic mass is 79.9. The van der Waals surface area contributed by atoms with E-state index in [0.717, 1.165) is 33.7 Å². The maximum absolute atomic E-state index is 6.07. The molecule has 2 nitrogen and oxygen atoms in total. The van der Waals surface area contributed by atoms with Gasteiger partial charge in [-0.3, -0.25) is 0 Å². The fourth-order valence-electron chi connectivity index (χ4n) is 3.24. The van der Waals surface area contributed by atoms with Gasteiger partial charge in [0.15, 0.2) is 0 Å². The zero-order chi connectivity index (χ0) is 16.8. The van der Waals surface area contributed by atoms with Gasteiger partial charge in [-0.15, -0.1) is 0 Å². The van der Waals surface area contributed by atoms with Gasteiger partial charge in [-0.1, -0.05) is 37.1 Å². The molecule has 1 unspecified atom stereocenters. The zero-order valence-corrected chi connectivity index (χ0v) is 16.8. The van der Waals surface area contributed by atoms with E-state index < -0.39 is 0 Å². The van der Waals surface area contributed by atoms with E-state index in [1.165, 1.54) is 25.7 Å². The first-order chi connectivity index (χ1) is 11.7. The molecule has 0 aromatic heterocycles. The highest BCUT2D eigenvalue weighted by Crippen LogP contribution is 2.33. The molecule has 0 N–H and O–H groups in total. The quantitative estimate of drug-likeness (QED) is 0.498. The van der Waals surface area contributed by atoms with Crippen LogP contribution in [-0.4, -0.2) is 13.2 Å². The molecule has 0 spiro atoms. The summed E-state index contributed by atoms with van der Waals surface area (Å²) in [6, 6.07) is 16.1. The molecule has 1 fully saturated rings. The summed E-state index contributed by atoms with van der Waals surface area (Å²) in [5.74, 6) is 2.95. The van der Waals surface area contributed by atoms with Crippen LogP contribution in [0.2, 0.25) is 0 Å². The Morgan fingerprint density at radius 2 is 1.12 bits per heavy atom. The van der Waals surface area contributed by atoms with Crippen LogP contribution >= 0.6 is 31.9 Å². The molecule has 128 valence electrons. The number of para-hydroxylation sites is 2. The van der Waals surface area contributed by atoms with Crippen LogP contribution in [0.3, 0.4) is 0 Å². The van der Waals surface area contributed by atoms with Gasteiger partial charge in [0.25, 0.3) is 0 Å². The lowest BCUT2D eigenvalue weighted by Crippen LogP contribution is -2.29. The molecule has 0 aliphatic heterocycles. The maximum Gasteiger partial charge on any atom is 0.133 e. The summed E-state index contributed by atoms with van der Waals surface area (Å²) in [5.41, 5.74) is 0. The van der Waals surface area contributed by atoms with Crippen molar-refractivity contribution in [2.45, 2.75) is 25.7 Å². The van der Waals surface area contributed by atoms with E-state index in [4.69, 9.17) is 9.47 Å². The molecule has 1 aliphatic carbocycles. The molecule has 24 heavy (non-hydrogen) atoms. The Balaban J connectivity index is 1.57. The molecule has 0 bridgehead atoms. The van der Waals surface area contributed by atoms with E-state index in [-0.39, 0.29) is 0 Å². The predicted octanol–water partition coefficient (Wildman–Crippen LogP) is 6.48. The van der Waals surface area contributed by atoms with Gasteiger partial charge in [0.05, 0.1) is 22.2 Å². The second kappa shape index (κ2) is 8.91. The third kappa shape index (κ3) is 4.76. The van der Waals surface area contributed by atoms with Crippen molar-refractivity contribution in [2.24, 2.45) is 11.8 Å². The van der Waals surface area contributed by atoms with Crippen molar-refractivity contribution in [2.75, 3.05) is 13.2 Å². The minimum Gasteiger partial charge on any atom is -0.492 e. The van der Waals surface area contributed by atoms with Gasteiger partial charge in [-0.05, 0) is 80.8 Å². The molecule has 2 aromatic rings. The summed E-state index contributed by atoms with van der Waals surface area (Å²) in [4.78, 5) is 0. The fraction of sp³-hybridized carbons (Fsp3) is 0.400. The van der Waals surface area contributed by atoms with E-state index in [0.29, 0.717) is 11.8 Å². The van der Waals surface area contributed by atoms with Crippen LogP contribution in [0.15, 0.2) is 57.5 Å². The lowest BCUT2D eigenvalue weighted by Gasteiger charge is -2.31. The van der Waals surface area contributed by atoms with Crippen molar-refractivity contribution in [1.29, 1.82) is 0 Å². The predicted molar refractivity (Wildman–Crippen MR) is 105 cm³/mol. The molecule has 3 rings (SSSR count). The van der Waals surface area contributed by atoms with Crippen molar-refractivity contribution in [3.63, 3.8) is 0 Å². The topological polar surface area (TPSA) is 18.5 Å². The number of hydrogen-bond acceptors (Lipinski definition) is 2. The smallest absolute Gasteiger partial charge is 0.133 e. The van der Waals surface area contributed by atoms with E-state index in [2.05, 4.69) is 31.9 Å². The monoisotopic (exact) mass is 452 g/mol. The number of halogens is 2. The van der Waals surface area contributed by atoms with Gasteiger partial charge in [0.1, 0.15) is 11.5 Å². The summed E-state index contributed by atoms with van der Waals surface area (Å²) < 4.78 is 14.2. The molecule has 0 saturated heterocycles. The molecular weight excluding hydrogens is 432 g/mol. The van der Waals surface area contributed by atoms with Crippen LogP contribution in [-0.2, 0) is 0 Å². The Labute approximate surface area is 160 Å². The first-order valence-corrected chi connectivity index (χ1v) is 10.1. The van der Waals surface area contributed by atoms with Gasteiger partial charge in [-0.2, -0.15) is 0 Å². The summed E-state index contributed by atoms with van der Waals surface area (Å²) in [6.45, 7) is 1.51. The number of hydrogen-bond donors (Lipinski definition) is 0. The van der Waals surface area contributed by atoms with Gasteiger partial charge in [0.2, 0.25) is 0 Å². The van der Waals surface area contributed by atoms with Crippen molar-refractivity contribution in [3.05, 3.63) is 57.5 Å². The minimum absolute atomic E-state index is 0.549. The zero-order valence-electron chi connectivity index (χ0n) is 13.6. The number of ether oxygens (including phenoxy) is 2. The second-order valence-corrected chi connectivity index (χ2v) is 8.00. The molecule has 1 saturated carbocycles. The highest BCUT2D eigenvalue weighted by molar-refractivity contribution is 9.10. The third-order valence-corrected chi connectivity index (χ3v) is 5.96. The highest BCUT2D eigenvalue weighted by Gasteiger charge is 2.26. The maximum atomic E-state index is 6.07. The van der Waals surface area contributed by atoms with Gasteiger partial charge in [-0.25, -0.2) is 0 Å². The molecular formula is C20H22Br2O2. The van der Waals surface area contributed by atoms with Crippen molar-refractivity contribution in [1.82, 2.24) is 0 Å². The lowest BCUT2D eigenvalue weighted by atomic mass is 9.80. The van der Waals surface area contributed by atoms with Crippen LogP contribution in [0.1, 0.15) is 25.7 Å². The Morgan fingerprint density at radius 1 is 0.708 bits per heavy atom. The summed E-state index contributed by atoms with van der Waals surface area (Å²) in [7, 11) is 0. The first kappa shape index (κ1) is 17.8. The molecule has 4 heteroatoms. The Hall–Kier alpha value is -1.000. The summed E-state index contributed by atoms with van der Waals surface area (Å²) in [6.07, 6.45) is 5.01. The molecule has 1 aliphatic rings. The molecule has 0 amide bonds. The first-order valence-electron chi connectivity index (χ1n) is 8.48. The number of benzene rings is 2. The van der Waals surface area contributed by atoms with Crippen LogP contribution in [0.25, 0.3) is 0 Å². The largest absolute Gasteiger partial charge is 0.492 e. The van der Waals surface area contributed by atoms with E-state index in [9.17, 15) is 0 Å². The average molecular weight is 454 g/mol. The Kier molecular flexibility index (Phi) is 6.61. The second-order valence-electron chi connectivity index (χ2n) is 6.29. The van der Waals surface area contributed by atoms with E-state index in [1.54, 1.807) is 0 Å². The minimum atomic E-state index is 0.549. The van der Waals surface area contributed by atoms with Crippen molar-refractivity contribution in [3.8, 4) is 11.5 Å². The molecule has 0 heterocycles. The number of rotatable bonds is 6.